The number of carbonyl (C=O) groups is 1. The van der Waals surface area contributed by atoms with E-state index in [1.165, 1.54) is 4.57 Å². The zero-order chi connectivity index (χ0) is 13.5. The molecule has 0 saturated carbocycles. The number of aromatic nitrogens is 1. The van der Waals surface area contributed by atoms with Gasteiger partial charge >= 0.3 is 6.09 Å². The summed E-state index contributed by atoms with van der Waals surface area (Å²) in [6.45, 7) is 5.52. The minimum Gasteiger partial charge on any atom is -0.443 e. The van der Waals surface area contributed by atoms with Gasteiger partial charge in [-0.2, -0.15) is 0 Å². The lowest BCUT2D eigenvalue weighted by molar-refractivity contribution is 0.0538. The molecule has 0 aliphatic carbocycles. The second-order valence-corrected chi connectivity index (χ2v) is 6.61. The van der Waals surface area contributed by atoms with Gasteiger partial charge in [-0.1, -0.05) is 11.6 Å². The quantitative estimate of drug-likeness (QED) is 0.624. The molecule has 0 fully saturated rings. The van der Waals surface area contributed by atoms with Gasteiger partial charge in [0, 0.05) is 26.7 Å². The molecule has 0 aliphatic heterocycles. The Labute approximate surface area is 124 Å². The number of fused-ring (bicyclic) bond motifs is 1. The molecule has 18 heavy (non-hydrogen) atoms. The van der Waals surface area contributed by atoms with E-state index in [0.29, 0.717) is 5.02 Å². The van der Waals surface area contributed by atoms with Gasteiger partial charge in [0.1, 0.15) is 5.60 Å². The third-order valence-corrected chi connectivity index (χ3v) is 3.81. The van der Waals surface area contributed by atoms with Crippen molar-refractivity contribution in [1.29, 1.82) is 0 Å². The van der Waals surface area contributed by atoms with Crippen LogP contribution in [0.3, 0.4) is 0 Å². The molecule has 1 aromatic heterocycles. The van der Waals surface area contributed by atoms with Crippen LogP contribution in [-0.2, 0) is 4.74 Å². The van der Waals surface area contributed by atoms with Crippen LogP contribution in [0.25, 0.3) is 10.8 Å². The summed E-state index contributed by atoms with van der Waals surface area (Å²) in [5, 5.41) is 2.57. The highest BCUT2D eigenvalue weighted by molar-refractivity contribution is 14.1. The zero-order valence-electron chi connectivity index (χ0n) is 10.3. The monoisotopic (exact) mass is 377 g/mol. The van der Waals surface area contributed by atoms with Crippen LogP contribution >= 0.6 is 34.2 Å². The van der Waals surface area contributed by atoms with Gasteiger partial charge in [-0.15, -0.1) is 0 Å². The molecule has 96 valence electrons. The Balaban J connectivity index is 2.39. The first kappa shape index (κ1) is 13.7. The number of nitrogens with zero attached hydrogens (tertiary/aromatic N) is 1. The van der Waals surface area contributed by atoms with Gasteiger partial charge in [0.15, 0.2) is 0 Å². The summed E-state index contributed by atoms with van der Waals surface area (Å²) in [7, 11) is 0. The molecular weight excluding hydrogens is 365 g/mol. The van der Waals surface area contributed by atoms with E-state index < -0.39 is 5.60 Å². The van der Waals surface area contributed by atoms with Crippen molar-refractivity contribution < 1.29 is 9.53 Å². The van der Waals surface area contributed by atoms with E-state index in [1.807, 2.05) is 32.9 Å². The molecule has 0 atom stereocenters. The van der Waals surface area contributed by atoms with Crippen LogP contribution in [0.4, 0.5) is 4.79 Å². The van der Waals surface area contributed by atoms with Crippen molar-refractivity contribution in [2.45, 2.75) is 26.4 Å². The Morgan fingerprint density at radius 1 is 1.28 bits per heavy atom. The number of ether oxygens (including phenoxy) is 1. The minimum atomic E-state index is -0.500. The molecule has 0 radical (unpaired) electrons. The fourth-order valence-corrected chi connectivity index (χ4v) is 2.22. The van der Waals surface area contributed by atoms with E-state index >= 15 is 0 Å². The fraction of sp³-hybridized carbons (Fsp3) is 0.308. The maximum Gasteiger partial charge on any atom is 0.418 e. The third-order valence-electron chi connectivity index (χ3n) is 2.29. The molecule has 1 heterocycles. The van der Waals surface area contributed by atoms with Crippen LogP contribution in [0.5, 0.6) is 0 Å². The predicted octanol–water partition coefficient (Wildman–Crippen LogP) is 4.68. The highest BCUT2D eigenvalue weighted by atomic mass is 127. The van der Waals surface area contributed by atoms with Gasteiger partial charge in [0.05, 0.1) is 5.02 Å². The molecular formula is C13H13ClINO2. The molecule has 0 aliphatic rings. The number of carbonyl (C=O) groups excluding carboxylic acids is 1. The Morgan fingerprint density at radius 2 is 1.83 bits per heavy atom. The van der Waals surface area contributed by atoms with Gasteiger partial charge < -0.3 is 4.74 Å². The molecule has 2 rings (SSSR count). The fourth-order valence-electron chi connectivity index (χ4n) is 1.56. The van der Waals surface area contributed by atoms with Crippen LogP contribution in [0.2, 0.25) is 5.02 Å². The highest BCUT2D eigenvalue weighted by Gasteiger charge is 2.18. The van der Waals surface area contributed by atoms with Crippen molar-refractivity contribution in [3.8, 4) is 0 Å². The van der Waals surface area contributed by atoms with E-state index in [9.17, 15) is 4.79 Å². The van der Waals surface area contributed by atoms with Crippen molar-refractivity contribution in [3.63, 3.8) is 0 Å². The van der Waals surface area contributed by atoms with Crippen LogP contribution in [0.1, 0.15) is 20.8 Å². The molecule has 0 unspecified atom stereocenters. The predicted molar refractivity (Wildman–Crippen MR) is 81.3 cm³/mol. The van der Waals surface area contributed by atoms with Crippen LogP contribution < -0.4 is 0 Å². The van der Waals surface area contributed by atoms with Gasteiger partial charge in [-0.05, 0) is 55.5 Å². The van der Waals surface area contributed by atoms with Crippen LogP contribution in [0, 0.1) is 3.57 Å². The topological polar surface area (TPSA) is 31.2 Å². The Morgan fingerprint density at radius 3 is 2.39 bits per heavy atom. The molecule has 0 saturated heterocycles. The number of benzene rings is 1. The average molecular weight is 378 g/mol. The first-order valence-electron chi connectivity index (χ1n) is 5.46. The first-order valence-corrected chi connectivity index (χ1v) is 6.92. The summed E-state index contributed by atoms with van der Waals surface area (Å²) in [5.74, 6) is 0. The van der Waals surface area contributed by atoms with Crippen LogP contribution in [-0.4, -0.2) is 16.3 Å². The van der Waals surface area contributed by atoms with Gasteiger partial charge in [-0.25, -0.2) is 4.79 Å². The Kier molecular flexibility index (Phi) is 3.60. The summed E-state index contributed by atoms with van der Waals surface area (Å²) in [4.78, 5) is 11.9. The molecule has 0 N–H and O–H groups in total. The van der Waals surface area contributed by atoms with E-state index in [-0.39, 0.29) is 6.09 Å². The Hall–Kier alpha value is -0.750. The minimum absolute atomic E-state index is 0.384. The number of hydrogen-bond acceptors (Lipinski definition) is 2. The van der Waals surface area contributed by atoms with Crippen molar-refractivity contribution in [3.05, 3.63) is 33.1 Å². The summed E-state index contributed by atoms with van der Waals surface area (Å²) >= 11 is 8.21. The summed E-state index contributed by atoms with van der Waals surface area (Å²) in [5.41, 5.74) is -0.500. The molecule has 0 amide bonds. The van der Waals surface area contributed by atoms with Crippen molar-refractivity contribution in [2.24, 2.45) is 0 Å². The standard InChI is InChI=1S/C13H13ClINO2/c1-13(2,3)18-12(17)16-6-8-4-10(14)11(15)5-9(8)7-16/h4-7H,1-3H3. The molecule has 0 spiro atoms. The molecule has 1 aromatic carbocycles. The summed E-state index contributed by atoms with van der Waals surface area (Å²) < 4.78 is 7.71. The lowest BCUT2D eigenvalue weighted by Gasteiger charge is -2.19. The number of hydrogen-bond donors (Lipinski definition) is 0. The van der Waals surface area contributed by atoms with Gasteiger partial charge in [0.25, 0.3) is 0 Å². The second-order valence-electron chi connectivity index (χ2n) is 5.04. The lowest BCUT2D eigenvalue weighted by Crippen LogP contribution is -2.26. The normalized spacial score (nSPS) is 11.8. The van der Waals surface area contributed by atoms with Crippen LogP contribution in [0.15, 0.2) is 24.5 Å². The maximum absolute atomic E-state index is 11.9. The van der Waals surface area contributed by atoms with E-state index in [4.69, 9.17) is 16.3 Å². The smallest absolute Gasteiger partial charge is 0.418 e. The molecule has 0 bridgehead atoms. The number of rotatable bonds is 0. The zero-order valence-corrected chi connectivity index (χ0v) is 13.2. The molecule has 2 aromatic rings. The average Bonchev–Trinajstić information content (AvgIpc) is 2.59. The van der Waals surface area contributed by atoms with E-state index in [0.717, 1.165) is 14.3 Å². The largest absolute Gasteiger partial charge is 0.443 e. The lowest BCUT2D eigenvalue weighted by atomic mass is 10.2. The van der Waals surface area contributed by atoms with Gasteiger partial charge in [-0.3, -0.25) is 4.57 Å². The van der Waals surface area contributed by atoms with E-state index in [1.54, 1.807) is 12.4 Å². The van der Waals surface area contributed by atoms with E-state index in [2.05, 4.69) is 22.6 Å². The third kappa shape index (κ3) is 2.98. The van der Waals surface area contributed by atoms with Crippen molar-refractivity contribution in [1.82, 2.24) is 4.57 Å². The summed E-state index contributed by atoms with van der Waals surface area (Å²) in [6.07, 6.45) is 3.10. The SMILES string of the molecule is CC(C)(C)OC(=O)n1cc2cc(Cl)c(I)cc2c1. The number of halogens is 2. The summed E-state index contributed by atoms with van der Waals surface area (Å²) in [6, 6.07) is 3.79. The Bertz CT molecular complexity index is 574. The molecule has 5 heteroatoms. The van der Waals surface area contributed by atoms with Gasteiger partial charge in [0.2, 0.25) is 0 Å². The second kappa shape index (κ2) is 4.74. The highest BCUT2D eigenvalue weighted by Crippen LogP contribution is 2.26. The first-order chi connectivity index (χ1) is 8.26. The molecule has 3 nitrogen and oxygen atoms in total. The maximum atomic E-state index is 11.9. The van der Waals surface area contributed by atoms with Crippen molar-refractivity contribution in [2.75, 3.05) is 0 Å². The van der Waals surface area contributed by atoms with Crippen molar-refractivity contribution >= 4 is 51.1 Å².